The van der Waals surface area contributed by atoms with Gasteiger partial charge in [0, 0.05) is 13.0 Å². The van der Waals surface area contributed by atoms with E-state index in [1.54, 1.807) is 0 Å². The number of ketones is 1. The summed E-state index contributed by atoms with van der Waals surface area (Å²) in [6, 6.07) is 0. The Morgan fingerprint density at radius 2 is 2.27 bits per heavy atom. The first-order chi connectivity index (χ1) is 6.90. The average Bonchev–Trinajstić information content (AvgIpc) is 2.47. The second-order valence-electron chi connectivity index (χ2n) is 5.18. The molecule has 15 heavy (non-hydrogen) atoms. The lowest BCUT2D eigenvalue weighted by atomic mass is 9.69. The number of Topliss-reactive ketones (excluding diaryl/α,β-unsaturated/α-hetero) is 1. The molecule has 0 heterocycles. The zero-order valence-corrected chi connectivity index (χ0v) is 9.84. The van der Waals surface area contributed by atoms with Gasteiger partial charge in [-0.05, 0) is 24.2 Å². The smallest absolute Gasteiger partial charge is 0.141 e. The highest BCUT2D eigenvalue weighted by Gasteiger charge is 2.63. The highest BCUT2D eigenvalue weighted by Crippen LogP contribution is 2.63. The summed E-state index contributed by atoms with van der Waals surface area (Å²) in [5.74, 6) is 0.672. The van der Waals surface area contributed by atoms with Gasteiger partial charge in [0.05, 0.1) is 5.41 Å². The summed E-state index contributed by atoms with van der Waals surface area (Å²) in [6.45, 7) is 4.38. The van der Waals surface area contributed by atoms with Gasteiger partial charge in [-0.3, -0.25) is 4.79 Å². The molecule has 2 rings (SSSR count). The van der Waals surface area contributed by atoms with E-state index in [4.69, 9.17) is 4.55 Å². The lowest BCUT2D eigenvalue weighted by Crippen LogP contribution is -2.38. The molecule has 5 heteroatoms. The highest BCUT2D eigenvalue weighted by atomic mass is 32.2. The second kappa shape index (κ2) is 3.28. The largest absolute Gasteiger partial charge is 0.454 e. The van der Waals surface area contributed by atoms with Crippen molar-refractivity contribution in [2.24, 2.45) is 21.1 Å². The zero-order valence-electron chi connectivity index (χ0n) is 9.02. The van der Waals surface area contributed by atoms with Crippen molar-refractivity contribution in [3.8, 4) is 0 Å². The molecular weight excluding hydrogens is 214 g/mol. The van der Waals surface area contributed by atoms with Crippen LogP contribution >= 0.6 is 0 Å². The fraction of sp³-hybridized carbons (Fsp3) is 0.900. The van der Waals surface area contributed by atoms with E-state index in [-0.39, 0.29) is 17.7 Å². The van der Waals surface area contributed by atoms with Crippen molar-refractivity contribution in [3.05, 3.63) is 0 Å². The molecule has 0 aromatic rings. The normalized spacial score (nSPS) is 39.9. The van der Waals surface area contributed by atoms with Gasteiger partial charge in [-0.25, -0.2) is 0 Å². The summed E-state index contributed by atoms with van der Waals surface area (Å²) in [7, 11) is -2.15. The standard InChI is InChI=1S/C10H16NO3S/c1-9(2)7-3-4-10(9,8(12)5-7)6-11-15(13)14/h7H,3-6H2,1-2H3,(H,11,13,14)/q-1/t7?,10-/m0/s1. The molecule has 86 valence electrons. The molecule has 2 aliphatic rings. The van der Waals surface area contributed by atoms with Crippen LogP contribution in [-0.2, 0) is 19.9 Å². The van der Waals surface area contributed by atoms with Gasteiger partial charge in [0.1, 0.15) is 5.78 Å². The highest BCUT2D eigenvalue weighted by molar-refractivity contribution is 7.68. The summed E-state index contributed by atoms with van der Waals surface area (Å²) in [4.78, 5) is 11.9. The Kier molecular flexibility index (Phi) is 2.43. The van der Waals surface area contributed by atoms with Crippen LogP contribution < -0.4 is 0 Å². The summed E-state index contributed by atoms with van der Waals surface area (Å²) < 4.78 is 22.9. The van der Waals surface area contributed by atoms with Crippen LogP contribution in [0.1, 0.15) is 33.1 Å². The SMILES string of the molecule is CC1(C)C2CC[C@]1(CN=[S-](=O)O)C(=O)C2. The van der Waals surface area contributed by atoms with Crippen molar-refractivity contribution >= 4 is 16.7 Å². The van der Waals surface area contributed by atoms with Crippen molar-refractivity contribution < 1.29 is 13.6 Å². The van der Waals surface area contributed by atoms with E-state index in [1.807, 2.05) is 0 Å². The number of hydrogen-bond donors (Lipinski definition) is 1. The van der Waals surface area contributed by atoms with Crippen molar-refractivity contribution in [2.45, 2.75) is 33.1 Å². The first-order valence-electron chi connectivity index (χ1n) is 5.22. The van der Waals surface area contributed by atoms with Crippen LogP contribution in [0.5, 0.6) is 0 Å². The summed E-state index contributed by atoms with van der Waals surface area (Å²) >= 11 is 0. The molecular formula is C10H16NO3S-. The summed E-state index contributed by atoms with van der Waals surface area (Å²) in [5, 5.41) is 0. The van der Waals surface area contributed by atoms with Gasteiger partial charge < -0.3 is 13.1 Å². The fourth-order valence-electron chi connectivity index (χ4n) is 3.31. The van der Waals surface area contributed by atoms with Crippen LogP contribution in [0.4, 0.5) is 0 Å². The van der Waals surface area contributed by atoms with Gasteiger partial charge in [0.15, 0.2) is 0 Å². The van der Waals surface area contributed by atoms with E-state index in [0.29, 0.717) is 12.3 Å². The predicted molar refractivity (Wildman–Crippen MR) is 56.5 cm³/mol. The first kappa shape index (κ1) is 11.1. The third kappa shape index (κ3) is 1.36. The van der Waals surface area contributed by atoms with Gasteiger partial charge in [-0.2, -0.15) is 0 Å². The topological polar surface area (TPSA) is 66.7 Å². The molecule has 2 saturated carbocycles. The van der Waals surface area contributed by atoms with Crippen LogP contribution in [-0.4, -0.2) is 16.9 Å². The maximum Gasteiger partial charge on any atom is 0.141 e. The van der Waals surface area contributed by atoms with E-state index in [0.717, 1.165) is 12.8 Å². The van der Waals surface area contributed by atoms with Gasteiger partial charge in [-0.15, -0.1) is 0 Å². The summed E-state index contributed by atoms with van der Waals surface area (Å²) in [5.41, 5.74) is -0.525. The Bertz CT molecular complexity index is 384. The molecule has 0 aromatic heterocycles. The maximum atomic E-state index is 11.9. The molecule has 4 nitrogen and oxygen atoms in total. The molecule has 2 atom stereocenters. The van der Waals surface area contributed by atoms with Crippen molar-refractivity contribution in [3.63, 3.8) is 0 Å². The van der Waals surface area contributed by atoms with E-state index in [9.17, 15) is 9.00 Å². The van der Waals surface area contributed by atoms with Gasteiger partial charge in [0.2, 0.25) is 0 Å². The molecule has 1 N–H and O–H groups in total. The lowest BCUT2D eigenvalue weighted by Gasteiger charge is -2.35. The Labute approximate surface area is 91.5 Å². The minimum Gasteiger partial charge on any atom is -0.454 e. The second-order valence-corrected chi connectivity index (χ2v) is 5.90. The summed E-state index contributed by atoms with van der Waals surface area (Å²) in [6.07, 6.45) is 2.50. The van der Waals surface area contributed by atoms with E-state index < -0.39 is 16.3 Å². The van der Waals surface area contributed by atoms with Crippen molar-refractivity contribution in [2.75, 3.05) is 6.54 Å². The van der Waals surface area contributed by atoms with Crippen molar-refractivity contribution in [1.29, 1.82) is 0 Å². The molecule has 0 spiro atoms. The molecule has 1 unspecified atom stereocenters. The van der Waals surface area contributed by atoms with E-state index >= 15 is 0 Å². The number of carbonyl (C=O) groups is 1. The molecule has 0 aliphatic heterocycles. The van der Waals surface area contributed by atoms with E-state index in [1.165, 1.54) is 0 Å². The quantitative estimate of drug-likeness (QED) is 0.583. The van der Waals surface area contributed by atoms with Crippen LogP contribution in [0.25, 0.3) is 0 Å². The number of fused-ring (bicyclic) bond motifs is 2. The molecule has 0 radical (unpaired) electrons. The molecule has 2 bridgehead atoms. The number of nitrogens with zero attached hydrogens (tertiary/aromatic N) is 1. The Hall–Kier alpha value is -0.420. The average molecular weight is 230 g/mol. The van der Waals surface area contributed by atoms with E-state index in [2.05, 4.69) is 18.2 Å². The molecule has 2 aliphatic carbocycles. The lowest BCUT2D eigenvalue weighted by molar-refractivity contribution is -0.128. The third-order valence-electron chi connectivity index (χ3n) is 4.58. The van der Waals surface area contributed by atoms with Crippen molar-refractivity contribution in [1.82, 2.24) is 0 Å². The van der Waals surface area contributed by atoms with Gasteiger partial charge in [0.25, 0.3) is 0 Å². The third-order valence-corrected chi connectivity index (χ3v) is 4.93. The van der Waals surface area contributed by atoms with Crippen LogP contribution in [0.3, 0.4) is 0 Å². The molecule has 0 aromatic carbocycles. The molecule has 2 fully saturated rings. The zero-order chi connectivity index (χ0) is 11.3. The van der Waals surface area contributed by atoms with Gasteiger partial charge >= 0.3 is 0 Å². The van der Waals surface area contributed by atoms with Gasteiger partial charge in [-0.1, -0.05) is 24.7 Å². The van der Waals surface area contributed by atoms with Crippen LogP contribution in [0.2, 0.25) is 0 Å². The maximum absolute atomic E-state index is 11.9. The number of carbonyl (C=O) groups excluding carboxylic acids is 1. The first-order valence-corrected chi connectivity index (χ1v) is 6.28. The van der Waals surface area contributed by atoms with Crippen LogP contribution in [0, 0.1) is 16.7 Å². The Morgan fingerprint density at radius 3 is 2.67 bits per heavy atom. The van der Waals surface area contributed by atoms with Crippen LogP contribution in [0.15, 0.2) is 4.36 Å². The predicted octanol–water partition coefficient (Wildman–Crippen LogP) is 2.00. The minimum atomic E-state index is -2.15. The Morgan fingerprint density at radius 1 is 1.60 bits per heavy atom. The molecule has 0 saturated heterocycles. The fourth-order valence-corrected chi connectivity index (χ4v) is 3.64. The monoisotopic (exact) mass is 230 g/mol. The minimum absolute atomic E-state index is 0.0625. The number of rotatable bonds is 2. The Balaban J connectivity index is 2.36. The number of hydrogen-bond acceptors (Lipinski definition) is 4. The molecule has 0 amide bonds.